The van der Waals surface area contributed by atoms with Crippen LogP contribution in [0.2, 0.25) is 10.0 Å². The van der Waals surface area contributed by atoms with Crippen LogP contribution in [-0.4, -0.2) is 56.6 Å². The molecule has 1 aromatic heterocycles. The standard InChI is InChI=1S/C28H26Cl2F4N4O4/c29-19-12-36-13-20(30)22(19)21(39)15-38(14-16-1-3-17(31)4-2-16)24(40)18(11-35)23(28(32,33)34)37-27-8-5-26(6-9-27,7-10-27)25(41)42/h1-4,11-13H,5-10,14-15,35H2,(H,41,42). The van der Waals surface area contributed by atoms with Gasteiger partial charge < -0.3 is 15.7 Å². The number of carbonyl (C=O) groups excluding carboxylic acids is 2. The van der Waals surface area contributed by atoms with Gasteiger partial charge in [0.25, 0.3) is 5.91 Å². The minimum absolute atomic E-state index is 0.0990. The summed E-state index contributed by atoms with van der Waals surface area (Å²) >= 11 is 12.2. The van der Waals surface area contributed by atoms with Crippen molar-refractivity contribution in [2.75, 3.05) is 6.54 Å². The van der Waals surface area contributed by atoms with Crippen LogP contribution in [0, 0.1) is 11.2 Å². The summed E-state index contributed by atoms with van der Waals surface area (Å²) < 4.78 is 57.1. The molecule has 1 heterocycles. The number of hydrogen-bond donors (Lipinski definition) is 2. The first kappa shape index (κ1) is 31.4. The molecule has 1 aromatic carbocycles. The van der Waals surface area contributed by atoms with Crippen molar-refractivity contribution >= 4 is 46.6 Å². The number of carboxylic acids is 1. The van der Waals surface area contributed by atoms with E-state index >= 15 is 0 Å². The number of aromatic nitrogens is 1. The molecule has 0 unspecified atom stereocenters. The molecular formula is C28H26Cl2F4N4O4. The second-order valence-corrected chi connectivity index (χ2v) is 11.4. The molecule has 8 nitrogen and oxygen atoms in total. The molecule has 3 N–H and O–H groups in total. The van der Waals surface area contributed by atoms with E-state index in [-0.39, 0.29) is 60.7 Å². The zero-order valence-electron chi connectivity index (χ0n) is 22.1. The van der Waals surface area contributed by atoms with Gasteiger partial charge >= 0.3 is 12.1 Å². The lowest BCUT2D eigenvalue weighted by Crippen LogP contribution is -2.50. The van der Waals surface area contributed by atoms with Crippen LogP contribution in [0.5, 0.6) is 0 Å². The summed E-state index contributed by atoms with van der Waals surface area (Å²) in [4.78, 5) is 47.4. The van der Waals surface area contributed by atoms with Gasteiger partial charge in [-0.3, -0.25) is 24.4 Å². The third kappa shape index (κ3) is 6.44. The van der Waals surface area contributed by atoms with Crippen LogP contribution in [0.4, 0.5) is 17.6 Å². The van der Waals surface area contributed by atoms with Crippen molar-refractivity contribution in [3.63, 3.8) is 0 Å². The maximum Gasteiger partial charge on any atom is 0.433 e. The van der Waals surface area contributed by atoms with E-state index in [2.05, 4.69) is 9.98 Å². The van der Waals surface area contributed by atoms with E-state index in [4.69, 9.17) is 28.9 Å². The van der Waals surface area contributed by atoms with E-state index in [0.717, 1.165) is 29.4 Å². The van der Waals surface area contributed by atoms with Gasteiger partial charge in [0.1, 0.15) is 5.82 Å². The number of halogens is 6. The van der Waals surface area contributed by atoms with Gasteiger partial charge in [0.2, 0.25) is 0 Å². The van der Waals surface area contributed by atoms with Crippen molar-refractivity contribution in [2.45, 2.75) is 56.8 Å². The number of alkyl halides is 3. The van der Waals surface area contributed by atoms with Crippen molar-refractivity contribution in [2.24, 2.45) is 16.1 Å². The van der Waals surface area contributed by atoms with Crippen molar-refractivity contribution in [1.29, 1.82) is 0 Å². The number of carboxylic acid groups (broad SMARTS) is 1. The Morgan fingerprint density at radius 3 is 2.05 bits per heavy atom. The maximum atomic E-state index is 14.5. The van der Waals surface area contributed by atoms with E-state index < -0.39 is 58.4 Å². The van der Waals surface area contributed by atoms with Crippen molar-refractivity contribution in [3.8, 4) is 0 Å². The van der Waals surface area contributed by atoms with Crippen LogP contribution in [0.15, 0.2) is 53.4 Å². The molecule has 1 amide bonds. The fourth-order valence-corrected chi connectivity index (χ4v) is 6.10. The third-order valence-corrected chi connectivity index (χ3v) is 8.54. The quantitative estimate of drug-likeness (QED) is 0.157. The molecule has 5 rings (SSSR count). The predicted octanol–water partition coefficient (Wildman–Crippen LogP) is 5.76. The highest BCUT2D eigenvalue weighted by molar-refractivity contribution is 6.39. The highest BCUT2D eigenvalue weighted by Gasteiger charge is 2.54. The van der Waals surface area contributed by atoms with Crippen molar-refractivity contribution in [1.82, 2.24) is 9.88 Å². The zero-order chi connectivity index (χ0) is 30.9. The molecule has 3 saturated carbocycles. The number of pyridine rings is 1. The van der Waals surface area contributed by atoms with Gasteiger partial charge in [0.05, 0.1) is 38.7 Å². The van der Waals surface area contributed by atoms with E-state index in [0.29, 0.717) is 11.8 Å². The Hall–Kier alpha value is -3.51. The number of benzene rings is 1. The Balaban J connectivity index is 1.71. The number of nitrogens with two attached hydrogens (primary N) is 1. The highest BCUT2D eigenvalue weighted by atomic mass is 35.5. The predicted molar refractivity (Wildman–Crippen MR) is 147 cm³/mol. The van der Waals surface area contributed by atoms with E-state index in [1.807, 2.05) is 0 Å². The molecule has 0 spiro atoms. The van der Waals surface area contributed by atoms with Gasteiger partial charge in [-0.1, -0.05) is 35.3 Å². The fraction of sp³-hybridized carbons (Fsp3) is 0.393. The first-order chi connectivity index (χ1) is 19.7. The number of rotatable bonds is 9. The van der Waals surface area contributed by atoms with E-state index in [9.17, 15) is 37.1 Å². The molecule has 3 aliphatic rings. The van der Waals surface area contributed by atoms with Crippen LogP contribution in [0.1, 0.15) is 54.4 Å². The van der Waals surface area contributed by atoms with Crippen LogP contribution in [-0.2, 0) is 16.1 Å². The molecule has 42 heavy (non-hydrogen) atoms. The van der Waals surface area contributed by atoms with Crippen LogP contribution < -0.4 is 5.73 Å². The second-order valence-electron chi connectivity index (χ2n) is 10.5. The smallest absolute Gasteiger partial charge is 0.433 e. The minimum Gasteiger partial charge on any atom is -0.481 e. The molecular weight excluding hydrogens is 603 g/mol. The van der Waals surface area contributed by atoms with Crippen LogP contribution >= 0.6 is 23.2 Å². The summed E-state index contributed by atoms with van der Waals surface area (Å²) in [7, 11) is 0. The molecule has 0 aliphatic heterocycles. The number of amides is 1. The Morgan fingerprint density at radius 1 is 1.02 bits per heavy atom. The number of aliphatic imine (C=N–C) groups is 1. The van der Waals surface area contributed by atoms with E-state index in [1.54, 1.807) is 0 Å². The summed E-state index contributed by atoms with van der Waals surface area (Å²) in [6, 6.07) is 4.83. The molecule has 224 valence electrons. The van der Waals surface area contributed by atoms with E-state index in [1.165, 1.54) is 12.1 Å². The molecule has 14 heteroatoms. The average molecular weight is 629 g/mol. The SMILES string of the molecule is NC=C(C(=O)N(CC(=O)c1c(Cl)cncc1Cl)Cc1ccc(F)cc1)C(=NC12CCC(C(=O)O)(CC1)CC2)C(F)(F)F. The lowest BCUT2D eigenvalue weighted by molar-refractivity contribution is -0.156. The molecule has 3 fully saturated rings. The number of carbonyl (C=O) groups is 3. The number of aliphatic carboxylic acids is 1. The number of fused-ring (bicyclic) bond motifs is 3. The van der Waals surface area contributed by atoms with Gasteiger partial charge in [0, 0.05) is 25.1 Å². The molecule has 0 saturated heterocycles. The maximum absolute atomic E-state index is 14.5. The Bertz CT molecular complexity index is 1420. The largest absolute Gasteiger partial charge is 0.481 e. The molecule has 0 atom stereocenters. The van der Waals surface area contributed by atoms with Crippen LogP contribution in [0.3, 0.4) is 0 Å². The van der Waals surface area contributed by atoms with Gasteiger partial charge in [-0.2, -0.15) is 13.2 Å². The first-order valence-electron chi connectivity index (χ1n) is 12.9. The van der Waals surface area contributed by atoms with Gasteiger partial charge in [-0.15, -0.1) is 0 Å². The lowest BCUT2D eigenvalue weighted by Gasteiger charge is -2.49. The summed E-state index contributed by atoms with van der Waals surface area (Å²) in [5.41, 5.74) is 1.05. The number of nitrogens with zero attached hydrogens (tertiary/aromatic N) is 3. The molecule has 0 radical (unpaired) electrons. The average Bonchev–Trinajstić information content (AvgIpc) is 2.94. The van der Waals surface area contributed by atoms with Crippen molar-refractivity contribution < 1.29 is 37.1 Å². The lowest BCUT2D eigenvalue weighted by atomic mass is 9.57. The second kappa shape index (κ2) is 12.0. The van der Waals surface area contributed by atoms with Gasteiger partial charge in [-0.05, 0) is 56.2 Å². The Morgan fingerprint density at radius 2 is 1.57 bits per heavy atom. The third-order valence-electron chi connectivity index (χ3n) is 7.97. The normalized spacial score (nSPS) is 22.6. The zero-order valence-corrected chi connectivity index (χ0v) is 23.6. The summed E-state index contributed by atoms with van der Waals surface area (Å²) in [6.07, 6.45) is -1.55. The monoisotopic (exact) mass is 628 g/mol. The summed E-state index contributed by atoms with van der Waals surface area (Å²) in [5.74, 6) is -3.60. The molecule has 2 aromatic rings. The van der Waals surface area contributed by atoms with Gasteiger partial charge in [-0.25, -0.2) is 4.39 Å². The number of Topliss-reactive ketones (excluding diaryl/α,β-unsaturated/α-hetero) is 1. The minimum atomic E-state index is -5.11. The molecule has 2 bridgehead atoms. The van der Waals surface area contributed by atoms with Crippen molar-refractivity contribution in [3.05, 3.63) is 75.4 Å². The fourth-order valence-electron chi connectivity index (χ4n) is 5.53. The van der Waals surface area contributed by atoms with Crippen LogP contribution in [0.25, 0.3) is 0 Å². The summed E-state index contributed by atoms with van der Waals surface area (Å²) in [5, 5.41) is 9.38. The first-order valence-corrected chi connectivity index (χ1v) is 13.6. The number of ketones is 1. The molecule has 3 aliphatic carbocycles. The Labute approximate surface area is 248 Å². The highest BCUT2D eigenvalue weighted by Crippen LogP contribution is 2.54. The summed E-state index contributed by atoms with van der Waals surface area (Å²) in [6.45, 7) is -1.14. The number of hydrogen-bond acceptors (Lipinski definition) is 6. The topological polar surface area (TPSA) is 126 Å². The van der Waals surface area contributed by atoms with Gasteiger partial charge in [0.15, 0.2) is 11.5 Å². The Kier molecular flexibility index (Phi) is 8.98.